The zero-order valence-electron chi connectivity index (χ0n) is 19.3. The Labute approximate surface area is 202 Å². The molecule has 35 heavy (non-hydrogen) atoms. The SMILES string of the molecule is CC#CC(=O)N1CCCC[C@H]1c1nc(-c2ccc(C(=O)NN3CC=CO3)cc2)c2c(N)nccn12. The number of benzene rings is 1. The Balaban J connectivity index is 1.51. The number of fused-ring (bicyclic) bond motifs is 1. The number of rotatable bonds is 4. The normalized spacial score (nSPS) is 17.6. The Morgan fingerprint density at radius 1 is 1.23 bits per heavy atom. The first kappa shape index (κ1) is 22.4. The van der Waals surface area contributed by atoms with Crippen LogP contribution in [0.4, 0.5) is 5.82 Å². The lowest BCUT2D eigenvalue weighted by atomic mass is 10.0. The molecule has 10 heteroatoms. The molecule has 0 saturated carbocycles. The Kier molecular flexibility index (Phi) is 6.08. The molecule has 0 radical (unpaired) electrons. The summed E-state index contributed by atoms with van der Waals surface area (Å²) < 4.78 is 1.91. The molecule has 2 aliphatic rings. The monoisotopic (exact) mass is 471 g/mol. The molecule has 3 N–H and O–H groups in total. The fraction of sp³-hybridized carbons (Fsp3) is 0.280. The van der Waals surface area contributed by atoms with E-state index in [1.807, 2.05) is 22.7 Å². The van der Waals surface area contributed by atoms with Crippen molar-refractivity contribution in [3.8, 4) is 23.1 Å². The van der Waals surface area contributed by atoms with Gasteiger partial charge in [0, 0.05) is 30.1 Å². The number of aromatic nitrogens is 3. The number of carbonyl (C=O) groups is 2. The van der Waals surface area contributed by atoms with Crippen molar-refractivity contribution in [2.75, 3.05) is 18.8 Å². The maximum absolute atomic E-state index is 12.7. The third kappa shape index (κ3) is 4.29. The van der Waals surface area contributed by atoms with Crippen molar-refractivity contribution < 1.29 is 14.4 Å². The molecule has 10 nitrogen and oxygen atoms in total. The van der Waals surface area contributed by atoms with Gasteiger partial charge in [-0.25, -0.2) is 9.97 Å². The summed E-state index contributed by atoms with van der Waals surface area (Å²) in [7, 11) is 0. The van der Waals surface area contributed by atoms with Crippen molar-refractivity contribution >= 4 is 23.1 Å². The number of piperidine rings is 1. The van der Waals surface area contributed by atoms with Crippen molar-refractivity contribution in [1.82, 2.24) is 29.9 Å². The molecule has 3 aromatic rings. The lowest BCUT2D eigenvalue weighted by molar-refractivity contribution is -0.129. The fourth-order valence-corrected chi connectivity index (χ4v) is 4.47. The van der Waals surface area contributed by atoms with Crippen molar-refractivity contribution in [3.05, 3.63) is 60.4 Å². The number of nitrogen functional groups attached to an aromatic ring is 1. The highest BCUT2D eigenvalue weighted by Gasteiger charge is 2.32. The Bertz CT molecular complexity index is 1360. The van der Waals surface area contributed by atoms with E-state index in [4.69, 9.17) is 15.6 Å². The lowest BCUT2D eigenvalue weighted by Crippen LogP contribution is -2.39. The lowest BCUT2D eigenvalue weighted by Gasteiger charge is -2.33. The van der Waals surface area contributed by atoms with E-state index in [2.05, 4.69) is 22.3 Å². The quantitative estimate of drug-likeness (QED) is 0.561. The summed E-state index contributed by atoms with van der Waals surface area (Å²) in [5, 5.41) is 1.35. The molecule has 1 fully saturated rings. The molecule has 4 heterocycles. The van der Waals surface area contributed by atoms with Gasteiger partial charge in [0.25, 0.3) is 11.8 Å². The number of nitrogens with one attached hydrogen (secondary N) is 1. The molecule has 2 aliphatic heterocycles. The van der Waals surface area contributed by atoms with E-state index in [9.17, 15) is 9.59 Å². The van der Waals surface area contributed by atoms with E-state index in [0.717, 1.165) is 30.7 Å². The third-order valence-electron chi connectivity index (χ3n) is 6.11. The second-order valence-corrected chi connectivity index (χ2v) is 8.29. The molecule has 0 bridgehead atoms. The van der Waals surface area contributed by atoms with Gasteiger partial charge in [-0.1, -0.05) is 18.1 Å². The van der Waals surface area contributed by atoms with Crippen LogP contribution in [-0.4, -0.2) is 49.3 Å². The predicted molar refractivity (Wildman–Crippen MR) is 129 cm³/mol. The number of imidazole rings is 1. The van der Waals surface area contributed by atoms with Gasteiger partial charge in [-0.3, -0.25) is 19.4 Å². The van der Waals surface area contributed by atoms with Crippen molar-refractivity contribution in [1.29, 1.82) is 0 Å². The molecule has 0 aliphatic carbocycles. The standard InChI is InChI=1S/C25H25N7O3/c1-2-6-20(33)30-13-4-3-7-19(30)24-28-21(22-23(26)27-12-15-31(22)24)17-8-10-18(11-9-17)25(34)29-32-14-5-16-35-32/h5,8-12,15-16,19H,3-4,7,13-14H2,1H3,(H2,26,27)(H,29,34)/t19-/m0/s1. The van der Waals surface area contributed by atoms with Gasteiger partial charge in [0.2, 0.25) is 0 Å². The Hall–Kier alpha value is -4.36. The number of nitrogens with zero attached hydrogens (tertiary/aromatic N) is 5. The van der Waals surface area contributed by atoms with E-state index >= 15 is 0 Å². The van der Waals surface area contributed by atoms with Crippen molar-refractivity contribution in [2.45, 2.75) is 32.2 Å². The number of hydrogen-bond donors (Lipinski definition) is 2. The zero-order valence-corrected chi connectivity index (χ0v) is 19.3. The number of hydrogen-bond acceptors (Lipinski definition) is 7. The van der Waals surface area contributed by atoms with Gasteiger partial charge in [0.1, 0.15) is 29.1 Å². The first-order valence-electron chi connectivity index (χ1n) is 11.4. The van der Waals surface area contributed by atoms with Crippen LogP contribution in [0.5, 0.6) is 0 Å². The maximum atomic E-state index is 12.7. The number of likely N-dealkylation sites (tertiary alicyclic amines) is 1. The molecular weight excluding hydrogens is 446 g/mol. The van der Waals surface area contributed by atoms with Crippen LogP contribution in [0.15, 0.2) is 49.0 Å². The van der Waals surface area contributed by atoms with Gasteiger partial charge in [-0.2, -0.15) is 0 Å². The molecule has 0 spiro atoms. The summed E-state index contributed by atoms with van der Waals surface area (Å²) in [5.41, 5.74) is 11.5. The molecule has 5 rings (SSSR count). The second-order valence-electron chi connectivity index (χ2n) is 8.29. The first-order chi connectivity index (χ1) is 17.1. The van der Waals surface area contributed by atoms with Crippen LogP contribution in [0.2, 0.25) is 0 Å². The molecule has 2 aromatic heterocycles. The van der Waals surface area contributed by atoms with Crippen LogP contribution in [-0.2, 0) is 9.63 Å². The minimum Gasteiger partial charge on any atom is -0.394 e. The predicted octanol–water partition coefficient (Wildman–Crippen LogP) is 2.46. The molecular formula is C25H25N7O3. The van der Waals surface area contributed by atoms with Gasteiger partial charge in [-0.15, -0.1) is 0 Å². The van der Waals surface area contributed by atoms with E-state index in [1.54, 1.807) is 36.2 Å². The van der Waals surface area contributed by atoms with E-state index in [1.165, 1.54) is 11.4 Å². The topological polar surface area (TPSA) is 118 Å². The van der Waals surface area contributed by atoms with Crippen LogP contribution < -0.4 is 11.2 Å². The van der Waals surface area contributed by atoms with Gasteiger partial charge in [0.05, 0.1) is 12.6 Å². The van der Waals surface area contributed by atoms with Crippen LogP contribution in [0, 0.1) is 11.8 Å². The average molecular weight is 472 g/mol. The minimum atomic E-state index is -0.287. The maximum Gasteiger partial charge on any atom is 0.299 e. The largest absolute Gasteiger partial charge is 0.394 e. The number of nitrogens with two attached hydrogens (primary N) is 1. The van der Waals surface area contributed by atoms with Crippen LogP contribution in [0.25, 0.3) is 16.8 Å². The summed E-state index contributed by atoms with van der Waals surface area (Å²) in [6, 6.07) is 6.86. The molecule has 178 valence electrons. The zero-order chi connectivity index (χ0) is 24.4. The first-order valence-corrected chi connectivity index (χ1v) is 11.4. The van der Waals surface area contributed by atoms with Crippen LogP contribution in [0.1, 0.15) is 48.4 Å². The average Bonchev–Trinajstić information content (AvgIpc) is 3.53. The summed E-state index contributed by atoms with van der Waals surface area (Å²) >= 11 is 0. The fourth-order valence-electron chi connectivity index (χ4n) is 4.47. The second kappa shape index (κ2) is 9.48. The highest BCUT2D eigenvalue weighted by Crippen LogP contribution is 2.35. The summed E-state index contributed by atoms with van der Waals surface area (Å²) in [6.45, 7) is 2.76. The van der Waals surface area contributed by atoms with Crippen molar-refractivity contribution in [3.63, 3.8) is 0 Å². The number of hydroxylamine groups is 1. The summed E-state index contributed by atoms with van der Waals surface area (Å²) in [4.78, 5) is 41.4. The Morgan fingerprint density at radius 2 is 2.06 bits per heavy atom. The van der Waals surface area contributed by atoms with Crippen LogP contribution in [0.3, 0.4) is 0 Å². The minimum absolute atomic E-state index is 0.204. The molecule has 1 saturated heterocycles. The van der Waals surface area contributed by atoms with Gasteiger partial charge in [-0.05, 0) is 55.5 Å². The van der Waals surface area contributed by atoms with E-state index in [0.29, 0.717) is 35.7 Å². The van der Waals surface area contributed by atoms with E-state index in [-0.39, 0.29) is 17.9 Å². The third-order valence-corrected chi connectivity index (χ3v) is 6.11. The van der Waals surface area contributed by atoms with E-state index < -0.39 is 0 Å². The summed E-state index contributed by atoms with van der Waals surface area (Å²) in [6.07, 6.45) is 9.43. The highest BCUT2D eigenvalue weighted by atomic mass is 16.7. The number of hydrazine groups is 1. The van der Waals surface area contributed by atoms with Gasteiger partial charge in [0.15, 0.2) is 0 Å². The highest BCUT2D eigenvalue weighted by molar-refractivity contribution is 5.95. The number of anilines is 1. The van der Waals surface area contributed by atoms with Crippen molar-refractivity contribution in [2.24, 2.45) is 0 Å². The van der Waals surface area contributed by atoms with Crippen LogP contribution >= 0.6 is 0 Å². The molecule has 2 amide bonds. The molecule has 0 unspecified atom stereocenters. The molecule has 1 atom stereocenters. The molecule has 1 aromatic carbocycles. The summed E-state index contributed by atoms with van der Waals surface area (Å²) in [5.74, 6) is 5.93. The van der Waals surface area contributed by atoms with Gasteiger partial charge < -0.3 is 15.5 Å². The smallest absolute Gasteiger partial charge is 0.299 e. The Morgan fingerprint density at radius 3 is 2.80 bits per heavy atom. The van der Waals surface area contributed by atoms with Gasteiger partial charge >= 0.3 is 0 Å². The number of amides is 2. The number of carbonyl (C=O) groups excluding carboxylic acids is 2.